The number of aliphatic hydroxyl groups excluding tert-OH is 5. The lowest BCUT2D eigenvalue weighted by molar-refractivity contribution is -0.302. The Morgan fingerprint density at radius 3 is 1.77 bits per heavy atom. The summed E-state index contributed by atoms with van der Waals surface area (Å²) in [6, 6.07) is -0.716. The summed E-state index contributed by atoms with van der Waals surface area (Å²) in [6.45, 7) is 3.77. The Morgan fingerprint density at radius 1 is 0.702 bits per heavy atom. The molecule has 0 bridgehead atoms. The lowest BCUT2D eigenvalue weighted by Crippen LogP contribution is -2.60. The number of rotatable bonds is 31. The van der Waals surface area contributed by atoms with E-state index in [4.69, 9.17) is 9.47 Å². The predicted octanol–water partition coefficient (Wildman–Crippen LogP) is 6.61. The van der Waals surface area contributed by atoms with Gasteiger partial charge < -0.3 is 40.3 Å². The number of aliphatic hydroxyl groups is 5. The molecule has 6 N–H and O–H groups in total. The van der Waals surface area contributed by atoms with E-state index < -0.39 is 49.5 Å². The topological polar surface area (TPSA) is 149 Å². The van der Waals surface area contributed by atoms with Crippen molar-refractivity contribution in [3.8, 4) is 0 Å². The van der Waals surface area contributed by atoms with Crippen molar-refractivity contribution in [3.05, 3.63) is 12.2 Å². The van der Waals surface area contributed by atoms with Gasteiger partial charge >= 0.3 is 0 Å². The van der Waals surface area contributed by atoms with E-state index in [1.54, 1.807) is 0 Å². The molecule has 0 saturated carbocycles. The summed E-state index contributed by atoms with van der Waals surface area (Å²) in [5, 5.41) is 54.0. The van der Waals surface area contributed by atoms with Gasteiger partial charge in [0.1, 0.15) is 24.4 Å². The van der Waals surface area contributed by atoms with E-state index in [0.29, 0.717) is 12.8 Å². The summed E-state index contributed by atoms with van der Waals surface area (Å²) in [5.41, 5.74) is 0. The molecular formula is C38H73NO8. The van der Waals surface area contributed by atoms with E-state index in [1.807, 2.05) is 0 Å². The van der Waals surface area contributed by atoms with Gasteiger partial charge in [-0.3, -0.25) is 4.79 Å². The Labute approximate surface area is 286 Å². The number of amides is 1. The molecule has 278 valence electrons. The Hall–Kier alpha value is -1.07. The van der Waals surface area contributed by atoms with Gasteiger partial charge in [-0.15, -0.1) is 0 Å². The molecular weight excluding hydrogens is 598 g/mol. The molecule has 1 amide bonds. The van der Waals surface area contributed by atoms with Crippen molar-refractivity contribution in [1.82, 2.24) is 5.32 Å². The van der Waals surface area contributed by atoms with Gasteiger partial charge in [0.15, 0.2) is 6.29 Å². The van der Waals surface area contributed by atoms with Crippen LogP contribution in [0, 0.1) is 0 Å². The maximum absolute atomic E-state index is 12.9. The first kappa shape index (κ1) is 44.0. The van der Waals surface area contributed by atoms with Crippen molar-refractivity contribution in [2.75, 3.05) is 13.2 Å². The highest BCUT2D eigenvalue weighted by Gasteiger charge is 2.44. The monoisotopic (exact) mass is 672 g/mol. The molecule has 0 aromatic carbocycles. The fourth-order valence-electron chi connectivity index (χ4n) is 6.15. The van der Waals surface area contributed by atoms with E-state index in [-0.39, 0.29) is 12.5 Å². The first-order chi connectivity index (χ1) is 22.8. The van der Waals surface area contributed by atoms with Crippen molar-refractivity contribution < 1.29 is 39.8 Å². The third kappa shape index (κ3) is 21.6. The summed E-state index contributed by atoms with van der Waals surface area (Å²) < 4.78 is 11.2. The normalized spacial score (nSPS) is 22.9. The Balaban J connectivity index is 2.43. The number of allylic oxidation sites excluding steroid dienone is 2. The quantitative estimate of drug-likeness (QED) is 0.0357. The Bertz CT molecular complexity index is 751. The Morgan fingerprint density at radius 2 is 1.19 bits per heavy atom. The van der Waals surface area contributed by atoms with Crippen LogP contribution in [0.2, 0.25) is 0 Å². The predicted molar refractivity (Wildman–Crippen MR) is 189 cm³/mol. The molecule has 0 spiro atoms. The minimum absolute atomic E-state index is 0.139. The van der Waals surface area contributed by atoms with Crippen LogP contribution >= 0.6 is 0 Å². The van der Waals surface area contributed by atoms with Crippen LogP contribution in [-0.4, -0.2) is 87.5 Å². The van der Waals surface area contributed by atoms with Gasteiger partial charge in [-0.2, -0.15) is 0 Å². The van der Waals surface area contributed by atoms with Gasteiger partial charge in [-0.1, -0.05) is 135 Å². The maximum atomic E-state index is 12.9. The average Bonchev–Trinajstić information content (AvgIpc) is 3.07. The van der Waals surface area contributed by atoms with Gasteiger partial charge in [-0.05, 0) is 38.5 Å². The lowest BCUT2D eigenvalue weighted by Gasteiger charge is -2.40. The first-order valence-corrected chi connectivity index (χ1v) is 19.4. The summed E-state index contributed by atoms with van der Waals surface area (Å²) in [6.07, 6.45) is 23.6. The second kappa shape index (κ2) is 29.8. The molecule has 0 radical (unpaired) electrons. The molecule has 7 atom stereocenters. The molecule has 1 saturated heterocycles. The van der Waals surface area contributed by atoms with Crippen LogP contribution in [0.1, 0.15) is 168 Å². The summed E-state index contributed by atoms with van der Waals surface area (Å²) >= 11 is 0. The summed E-state index contributed by atoms with van der Waals surface area (Å²) in [5.74, 6) is -0.156. The fraction of sp³-hybridized carbons (Fsp3) is 0.921. The van der Waals surface area contributed by atoms with Crippen LogP contribution in [0.4, 0.5) is 0 Å². The van der Waals surface area contributed by atoms with Crippen molar-refractivity contribution in [2.24, 2.45) is 0 Å². The molecule has 1 aliphatic heterocycles. The van der Waals surface area contributed by atoms with Crippen molar-refractivity contribution in [3.63, 3.8) is 0 Å². The molecule has 9 nitrogen and oxygen atoms in total. The highest BCUT2D eigenvalue weighted by Crippen LogP contribution is 2.23. The van der Waals surface area contributed by atoms with Crippen LogP contribution in [0.25, 0.3) is 0 Å². The molecule has 1 aliphatic rings. The van der Waals surface area contributed by atoms with Crippen LogP contribution in [0.15, 0.2) is 12.2 Å². The zero-order valence-electron chi connectivity index (χ0n) is 30.0. The van der Waals surface area contributed by atoms with Gasteiger partial charge in [0.2, 0.25) is 5.91 Å². The number of ether oxygens (including phenoxy) is 2. The number of nitrogens with one attached hydrogen (secondary N) is 1. The first-order valence-electron chi connectivity index (χ1n) is 19.4. The minimum atomic E-state index is -1.55. The van der Waals surface area contributed by atoms with Gasteiger partial charge in [-0.25, -0.2) is 0 Å². The molecule has 7 unspecified atom stereocenters. The van der Waals surface area contributed by atoms with E-state index in [2.05, 4.69) is 31.3 Å². The average molecular weight is 672 g/mol. The van der Waals surface area contributed by atoms with E-state index >= 15 is 0 Å². The van der Waals surface area contributed by atoms with Crippen molar-refractivity contribution in [1.29, 1.82) is 0 Å². The molecule has 0 aliphatic carbocycles. The van der Waals surface area contributed by atoms with E-state index in [1.165, 1.54) is 89.9 Å². The van der Waals surface area contributed by atoms with Crippen LogP contribution in [-0.2, 0) is 14.3 Å². The number of carbonyl (C=O) groups is 1. The fourth-order valence-corrected chi connectivity index (χ4v) is 6.15. The number of hydrogen-bond donors (Lipinski definition) is 6. The lowest BCUT2D eigenvalue weighted by atomic mass is 9.99. The second-order valence-corrected chi connectivity index (χ2v) is 13.7. The Kier molecular flexibility index (Phi) is 27.9. The van der Waals surface area contributed by atoms with Crippen LogP contribution in [0.3, 0.4) is 0 Å². The SMILES string of the molecule is CCCCC/C=C\CCCCCCCC(=O)NC(COC1OC(CO)C(O)C(O)C1O)C(O)CCCCCCCCCCCCCC. The van der Waals surface area contributed by atoms with Crippen molar-refractivity contribution >= 4 is 5.91 Å². The summed E-state index contributed by atoms with van der Waals surface area (Å²) in [7, 11) is 0. The number of carbonyl (C=O) groups excluding carboxylic acids is 1. The number of hydrogen-bond acceptors (Lipinski definition) is 8. The molecule has 0 aromatic rings. The highest BCUT2D eigenvalue weighted by atomic mass is 16.7. The largest absolute Gasteiger partial charge is 0.394 e. The second-order valence-electron chi connectivity index (χ2n) is 13.7. The third-order valence-corrected chi connectivity index (χ3v) is 9.37. The minimum Gasteiger partial charge on any atom is -0.394 e. The van der Waals surface area contributed by atoms with Crippen LogP contribution in [0.5, 0.6) is 0 Å². The highest BCUT2D eigenvalue weighted by molar-refractivity contribution is 5.76. The molecule has 9 heteroatoms. The van der Waals surface area contributed by atoms with Gasteiger partial charge in [0, 0.05) is 6.42 Å². The smallest absolute Gasteiger partial charge is 0.220 e. The van der Waals surface area contributed by atoms with Crippen LogP contribution < -0.4 is 5.32 Å². The number of unbranched alkanes of at least 4 members (excludes halogenated alkanes) is 19. The zero-order chi connectivity index (χ0) is 34.5. The van der Waals surface area contributed by atoms with E-state index in [9.17, 15) is 30.3 Å². The standard InChI is InChI=1S/C38H73NO8/c1-3-5-7-9-11-13-15-17-19-21-23-25-27-32(41)31(30-46-38-37(45)36(44)35(43)33(29-40)47-38)39-34(42)28-26-24-22-20-18-16-14-12-10-8-6-4-2/h12,14,31-33,35-38,40-41,43-45H,3-11,13,15-30H2,1-2H3,(H,39,42)/b14-12-. The van der Waals surface area contributed by atoms with Crippen molar-refractivity contribution in [2.45, 2.75) is 211 Å². The molecule has 0 aromatic heterocycles. The molecule has 1 fully saturated rings. The molecule has 1 heterocycles. The molecule has 47 heavy (non-hydrogen) atoms. The van der Waals surface area contributed by atoms with E-state index in [0.717, 1.165) is 51.4 Å². The maximum Gasteiger partial charge on any atom is 0.220 e. The van der Waals surface area contributed by atoms with Gasteiger partial charge in [0.05, 0.1) is 25.4 Å². The third-order valence-electron chi connectivity index (χ3n) is 9.37. The van der Waals surface area contributed by atoms with Gasteiger partial charge in [0.25, 0.3) is 0 Å². The summed E-state index contributed by atoms with van der Waals surface area (Å²) in [4.78, 5) is 12.9. The molecule has 1 rings (SSSR count). The zero-order valence-corrected chi connectivity index (χ0v) is 30.0.